The number of nitrogens with two attached hydrogens (primary N) is 1. The minimum atomic E-state index is -1.42. The van der Waals surface area contributed by atoms with Crippen LogP contribution in [0.3, 0.4) is 0 Å². The van der Waals surface area contributed by atoms with E-state index in [2.05, 4.69) is 9.57 Å². The van der Waals surface area contributed by atoms with E-state index in [-0.39, 0.29) is 0 Å². The highest BCUT2D eigenvalue weighted by Crippen LogP contribution is 2.12. The van der Waals surface area contributed by atoms with Crippen LogP contribution in [-0.2, 0) is 24.0 Å². The van der Waals surface area contributed by atoms with Gasteiger partial charge in [-0.3, -0.25) is 14.4 Å². The predicted molar refractivity (Wildman–Crippen MR) is 36.0 cm³/mol. The van der Waals surface area contributed by atoms with E-state index in [4.69, 9.17) is 11.0 Å². The van der Waals surface area contributed by atoms with Crippen LogP contribution in [0.15, 0.2) is 0 Å². The topological polar surface area (TPSA) is 116 Å². The van der Waals surface area contributed by atoms with Gasteiger partial charge in [-0.15, -0.1) is 0 Å². The lowest BCUT2D eigenvalue weighted by Gasteiger charge is -2.14. The van der Waals surface area contributed by atoms with Crippen molar-refractivity contribution in [1.82, 2.24) is 0 Å². The zero-order chi connectivity index (χ0) is 10.0. The van der Waals surface area contributed by atoms with Crippen LogP contribution in [-0.4, -0.2) is 41.5 Å². The lowest BCUT2D eigenvalue weighted by atomic mass is 10.1. The number of hydrogen-bond acceptors (Lipinski definition) is 7. The Labute approximate surface area is 72.4 Å². The second-order valence-corrected chi connectivity index (χ2v) is 2.38. The molecular weight excluding hydrogens is 182 g/mol. The van der Waals surface area contributed by atoms with Gasteiger partial charge in [-0.05, 0) is 0 Å². The van der Waals surface area contributed by atoms with Crippen molar-refractivity contribution in [2.24, 2.45) is 5.90 Å². The molecule has 0 aliphatic carbocycles. The first-order valence-corrected chi connectivity index (χ1v) is 3.37. The SMILES string of the molecule is NOC(CO)C1OC(=O)C(=O)C1=O. The molecule has 2 atom stereocenters. The molecule has 0 amide bonds. The lowest BCUT2D eigenvalue weighted by Crippen LogP contribution is -2.39. The molecule has 0 spiro atoms. The van der Waals surface area contributed by atoms with E-state index in [1.54, 1.807) is 0 Å². The van der Waals surface area contributed by atoms with Crippen LogP contribution in [0.25, 0.3) is 0 Å². The highest BCUT2D eigenvalue weighted by molar-refractivity contribution is 6.65. The molecule has 7 nitrogen and oxygen atoms in total. The fourth-order valence-electron chi connectivity index (χ4n) is 0.907. The number of hydrogen-bond donors (Lipinski definition) is 2. The van der Waals surface area contributed by atoms with Gasteiger partial charge in [0.2, 0.25) is 0 Å². The van der Waals surface area contributed by atoms with Crippen LogP contribution in [0.2, 0.25) is 0 Å². The van der Waals surface area contributed by atoms with Gasteiger partial charge in [0.25, 0.3) is 5.78 Å². The first kappa shape index (κ1) is 9.78. The van der Waals surface area contributed by atoms with Crippen molar-refractivity contribution >= 4 is 17.5 Å². The third-order valence-electron chi connectivity index (χ3n) is 1.59. The summed E-state index contributed by atoms with van der Waals surface area (Å²) in [6, 6.07) is 0. The summed E-state index contributed by atoms with van der Waals surface area (Å²) in [5.74, 6) is 1.16. The zero-order valence-electron chi connectivity index (χ0n) is 6.43. The number of Topliss-reactive ketones (excluding diaryl/α,β-unsaturated/α-hetero) is 2. The van der Waals surface area contributed by atoms with Gasteiger partial charge >= 0.3 is 11.8 Å². The van der Waals surface area contributed by atoms with E-state index in [9.17, 15) is 14.4 Å². The van der Waals surface area contributed by atoms with E-state index in [0.717, 1.165) is 0 Å². The second-order valence-electron chi connectivity index (χ2n) is 2.38. The molecule has 0 aromatic rings. The number of aliphatic hydroxyl groups is 1. The van der Waals surface area contributed by atoms with Gasteiger partial charge in [-0.25, -0.2) is 10.7 Å². The fraction of sp³-hybridized carbons (Fsp3) is 0.500. The molecule has 1 heterocycles. The molecule has 0 saturated carbocycles. The lowest BCUT2D eigenvalue weighted by molar-refractivity contribution is -0.154. The average Bonchev–Trinajstić information content (AvgIpc) is 2.36. The quantitative estimate of drug-likeness (QED) is 0.282. The average molecular weight is 189 g/mol. The van der Waals surface area contributed by atoms with Crippen molar-refractivity contribution in [1.29, 1.82) is 0 Å². The van der Waals surface area contributed by atoms with Crippen LogP contribution in [0, 0.1) is 0 Å². The summed E-state index contributed by atoms with van der Waals surface area (Å²) in [4.78, 5) is 36.3. The van der Waals surface area contributed by atoms with Gasteiger partial charge in [0, 0.05) is 0 Å². The van der Waals surface area contributed by atoms with Crippen LogP contribution in [0.4, 0.5) is 0 Å². The van der Waals surface area contributed by atoms with Crippen molar-refractivity contribution < 1.29 is 29.1 Å². The van der Waals surface area contributed by atoms with Crippen LogP contribution in [0.1, 0.15) is 0 Å². The van der Waals surface area contributed by atoms with Crippen molar-refractivity contribution in [2.75, 3.05) is 6.61 Å². The normalized spacial score (nSPS) is 24.8. The summed E-state index contributed by atoms with van der Waals surface area (Å²) in [7, 11) is 0. The zero-order valence-corrected chi connectivity index (χ0v) is 6.43. The molecule has 1 saturated heterocycles. The van der Waals surface area contributed by atoms with Crippen molar-refractivity contribution in [3.63, 3.8) is 0 Å². The van der Waals surface area contributed by atoms with Gasteiger partial charge in [0.1, 0.15) is 6.10 Å². The Morgan fingerprint density at radius 1 is 1.54 bits per heavy atom. The fourth-order valence-corrected chi connectivity index (χ4v) is 0.907. The van der Waals surface area contributed by atoms with Crippen molar-refractivity contribution in [3.8, 4) is 0 Å². The number of rotatable bonds is 3. The Balaban J connectivity index is 2.78. The van der Waals surface area contributed by atoms with Crippen LogP contribution >= 0.6 is 0 Å². The molecular formula is C6H7NO6. The number of cyclic esters (lactones) is 1. The highest BCUT2D eigenvalue weighted by atomic mass is 16.7. The maximum atomic E-state index is 10.9. The first-order valence-electron chi connectivity index (χ1n) is 3.37. The van der Waals surface area contributed by atoms with Crippen LogP contribution < -0.4 is 5.90 Å². The molecule has 0 aromatic carbocycles. The third-order valence-corrected chi connectivity index (χ3v) is 1.59. The summed E-state index contributed by atoms with van der Waals surface area (Å²) >= 11 is 0. The van der Waals surface area contributed by atoms with E-state index in [0.29, 0.717) is 0 Å². The standard InChI is InChI=1S/C6H7NO6/c7-13-2(1-8)5-3(9)4(10)6(11)12-5/h2,5,8H,1,7H2. The molecule has 7 heteroatoms. The van der Waals surface area contributed by atoms with Gasteiger partial charge in [0.15, 0.2) is 6.10 Å². The highest BCUT2D eigenvalue weighted by Gasteiger charge is 2.46. The number of esters is 1. The Morgan fingerprint density at radius 3 is 2.46 bits per heavy atom. The summed E-state index contributed by atoms with van der Waals surface area (Å²) in [5, 5.41) is 8.62. The predicted octanol–water partition coefficient (Wildman–Crippen LogP) is -2.70. The maximum absolute atomic E-state index is 10.9. The first-order chi connectivity index (χ1) is 6.11. The molecule has 72 valence electrons. The maximum Gasteiger partial charge on any atom is 0.383 e. The summed E-state index contributed by atoms with van der Waals surface area (Å²) in [6.45, 7) is -0.618. The van der Waals surface area contributed by atoms with Gasteiger partial charge < -0.3 is 9.84 Å². The van der Waals surface area contributed by atoms with Crippen LogP contribution in [0.5, 0.6) is 0 Å². The van der Waals surface area contributed by atoms with Crippen molar-refractivity contribution in [2.45, 2.75) is 12.2 Å². The summed E-state index contributed by atoms with van der Waals surface area (Å²) in [6.07, 6.45) is -2.61. The molecule has 1 aliphatic heterocycles. The molecule has 0 aromatic heterocycles. The Bertz CT molecular complexity index is 258. The molecule has 1 aliphatic rings. The minimum Gasteiger partial charge on any atom is -0.445 e. The molecule has 1 fully saturated rings. The smallest absolute Gasteiger partial charge is 0.383 e. The summed E-state index contributed by atoms with van der Waals surface area (Å²) in [5.41, 5.74) is 0. The Morgan fingerprint density at radius 2 is 2.15 bits per heavy atom. The van der Waals surface area contributed by atoms with E-state index in [1.807, 2.05) is 0 Å². The molecule has 3 N–H and O–H groups in total. The number of carbonyl (C=O) groups excluding carboxylic acids is 3. The van der Waals surface area contributed by atoms with E-state index >= 15 is 0 Å². The number of ketones is 2. The third kappa shape index (κ3) is 1.57. The molecule has 0 bridgehead atoms. The monoisotopic (exact) mass is 189 g/mol. The summed E-state index contributed by atoms with van der Waals surface area (Å²) < 4.78 is 4.33. The van der Waals surface area contributed by atoms with E-state index in [1.165, 1.54) is 0 Å². The Kier molecular flexibility index (Phi) is 2.71. The Hall–Kier alpha value is -1.31. The van der Waals surface area contributed by atoms with Gasteiger partial charge in [-0.2, -0.15) is 0 Å². The van der Waals surface area contributed by atoms with Gasteiger partial charge in [-0.1, -0.05) is 0 Å². The second kappa shape index (κ2) is 3.60. The number of carbonyl (C=O) groups is 3. The molecule has 0 radical (unpaired) electrons. The number of ether oxygens (including phenoxy) is 1. The largest absolute Gasteiger partial charge is 0.445 e. The van der Waals surface area contributed by atoms with Crippen molar-refractivity contribution in [3.05, 3.63) is 0 Å². The molecule has 2 unspecified atom stereocenters. The number of aliphatic hydroxyl groups excluding tert-OH is 1. The van der Waals surface area contributed by atoms with Gasteiger partial charge in [0.05, 0.1) is 6.61 Å². The minimum absolute atomic E-state index is 0.618. The van der Waals surface area contributed by atoms with E-state index < -0.39 is 36.4 Å². The molecule has 1 rings (SSSR count). The molecule has 13 heavy (non-hydrogen) atoms.